The lowest BCUT2D eigenvalue weighted by atomic mass is 10.1. The average Bonchev–Trinajstić information content (AvgIpc) is 2.74. The standard InChI is InChI=1S/C22H23ClN2O6/c1-13-5-4-6-14(2)20(13)24-18(26)11-25(3)19(27)12-31-22(28)15-9-16(23)21-17(10-15)29-7-8-30-21/h4-6,9-10H,7-8,11-12H2,1-3H3,(H,24,26). The molecule has 0 aliphatic carbocycles. The number of amides is 2. The largest absolute Gasteiger partial charge is 0.486 e. The van der Waals surface area contributed by atoms with E-state index in [0.29, 0.717) is 24.7 Å². The summed E-state index contributed by atoms with van der Waals surface area (Å²) in [7, 11) is 1.46. The first-order valence-electron chi connectivity index (χ1n) is 9.62. The van der Waals surface area contributed by atoms with Crippen molar-refractivity contribution in [3.8, 4) is 11.5 Å². The van der Waals surface area contributed by atoms with Gasteiger partial charge in [-0.3, -0.25) is 9.59 Å². The maximum absolute atomic E-state index is 12.3. The molecule has 2 aromatic rings. The Morgan fingerprint density at radius 1 is 1.13 bits per heavy atom. The zero-order valence-electron chi connectivity index (χ0n) is 17.5. The van der Waals surface area contributed by atoms with Crippen molar-refractivity contribution >= 4 is 35.1 Å². The first kappa shape index (κ1) is 22.4. The van der Waals surface area contributed by atoms with E-state index < -0.39 is 18.5 Å². The minimum atomic E-state index is -0.736. The average molecular weight is 447 g/mol. The normalized spacial score (nSPS) is 12.1. The molecule has 0 spiro atoms. The number of carbonyl (C=O) groups excluding carboxylic acids is 3. The van der Waals surface area contributed by atoms with Gasteiger partial charge in [0.25, 0.3) is 5.91 Å². The number of anilines is 1. The van der Waals surface area contributed by atoms with E-state index in [4.69, 9.17) is 25.8 Å². The Morgan fingerprint density at radius 3 is 2.52 bits per heavy atom. The van der Waals surface area contributed by atoms with E-state index in [1.165, 1.54) is 24.1 Å². The molecule has 0 atom stereocenters. The van der Waals surface area contributed by atoms with Gasteiger partial charge in [0.15, 0.2) is 18.1 Å². The van der Waals surface area contributed by atoms with Crippen LogP contribution in [0.3, 0.4) is 0 Å². The summed E-state index contributed by atoms with van der Waals surface area (Å²) in [6.07, 6.45) is 0. The fourth-order valence-electron chi connectivity index (χ4n) is 3.04. The van der Waals surface area contributed by atoms with E-state index in [9.17, 15) is 14.4 Å². The van der Waals surface area contributed by atoms with E-state index in [0.717, 1.165) is 16.8 Å². The zero-order chi connectivity index (χ0) is 22.5. The summed E-state index contributed by atoms with van der Waals surface area (Å²) in [6.45, 7) is 3.80. The summed E-state index contributed by atoms with van der Waals surface area (Å²) < 4.78 is 15.9. The number of benzene rings is 2. The molecule has 2 amide bonds. The minimum absolute atomic E-state index is 0.137. The van der Waals surface area contributed by atoms with Gasteiger partial charge in [-0.15, -0.1) is 0 Å². The van der Waals surface area contributed by atoms with E-state index in [1.807, 2.05) is 32.0 Å². The van der Waals surface area contributed by atoms with Crippen LogP contribution in [0.2, 0.25) is 5.02 Å². The molecule has 1 N–H and O–H groups in total. The first-order chi connectivity index (χ1) is 14.8. The fourth-order valence-corrected chi connectivity index (χ4v) is 3.31. The maximum atomic E-state index is 12.3. The van der Waals surface area contributed by atoms with E-state index in [2.05, 4.69) is 5.32 Å². The van der Waals surface area contributed by atoms with Crippen molar-refractivity contribution in [3.63, 3.8) is 0 Å². The van der Waals surface area contributed by atoms with Gasteiger partial charge in [-0.25, -0.2) is 4.79 Å². The van der Waals surface area contributed by atoms with Crippen LogP contribution in [0.5, 0.6) is 11.5 Å². The fraction of sp³-hybridized carbons (Fsp3) is 0.318. The van der Waals surface area contributed by atoms with Gasteiger partial charge >= 0.3 is 5.97 Å². The summed E-state index contributed by atoms with van der Waals surface area (Å²) >= 11 is 6.12. The van der Waals surface area contributed by atoms with Crippen molar-refractivity contribution in [1.29, 1.82) is 0 Å². The summed E-state index contributed by atoms with van der Waals surface area (Å²) in [5.41, 5.74) is 2.71. The van der Waals surface area contributed by atoms with Crippen molar-refractivity contribution < 1.29 is 28.6 Å². The van der Waals surface area contributed by atoms with Crippen LogP contribution in [0, 0.1) is 13.8 Å². The number of ether oxygens (including phenoxy) is 3. The van der Waals surface area contributed by atoms with Gasteiger partial charge in [-0.05, 0) is 37.1 Å². The van der Waals surface area contributed by atoms with E-state index >= 15 is 0 Å². The Labute approximate surface area is 185 Å². The second kappa shape index (κ2) is 9.70. The van der Waals surface area contributed by atoms with Crippen molar-refractivity contribution in [1.82, 2.24) is 4.90 Å². The van der Waals surface area contributed by atoms with Crippen LogP contribution in [0.4, 0.5) is 5.69 Å². The third-order valence-corrected chi connectivity index (χ3v) is 4.99. The molecule has 1 heterocycles. The summed E-state index contributed by atoms with van der Waals surface area (Å²) in [4.78, 5) is 38.1. The van der Waals surface area contributed by atoms with Crippen molar-refractivity contribution in [2.24, 2.45) is 0 Å². The second-order valence-corrected chi connectivity index (χ2v) is 7.53. The van der Waals surface area contributed by atoms with Crippen LogP contribution < -0.4 is 14.8 Å². The molecule has 0 saturated carbocycles. The molecule has 0 bridgehead atoms. The molecule has 8 nitrogen and oxygen atoms in total. The number of hydrogen-bond acceptors (Lipinski definition) is 6. The number of aryl methyl sites for hydroxylation is 2. The van der Waals surface area contributed by atoms with Crippen LogP contribution in [0.15, 0.2) is 30.3 Å². The van der Waals surface area contributed by atoms with E-state index in [-0.39, 0.29) is 23.0 Å². The van der Waals surface area contributed by atoms with Gasteiger partial charge in [0, 0.05) is 12.7 Å². The van der Waals surface area contributed by atoms with Gasteiger partial charge in [-0.1, -0.05) is 29.8 Å². The molecule has 9 heteroatoms. The lowest BCUT2D eigenvalue weighted by molar-refractivity contribution is -0.136. The van der Waals surface area contributed by atoms with Gasteiger partial charge in [0.2, 0.25) is 5.91 Å². The zero-order valence-corrected chi connectivity index (χ0v) is 18.2. The number of nitrogens with one attached hydrogen (secondary N) is 1. The van der Waals surface area contributed by atoms with Gasteiger partial charge < -0.3 is 24.4 Å². The van der Waals surface area contributed by atoms with Crippen LogP contribution in [-0.2, 0) is 14.3 Å². The predicted molar refractivity (Wildman–Crippen MR) is 115 cm³/mol. The molecular weight excluding hydrogens is 424 g/mol. The predicted octanol–water partition coefficient (Wildman–Crippen LogP) is 2.98. The number of fused-ring (bicyclic) bond motifs is 1. The molecule has 164 valence electrons. The number of rotatable bonds is 6. The summed E-state index contributed by atoms with van der Waals surface area (Å²) in [5, 5.41) is 3.03. The van der Waals surface area contributed by atoms with Crippen LogP contribution in [-0.4, -0.2) is 56.1 Å². The quantitative estimate of drug-likeness (QED) is 0.685. The molecule has 1 aliphatic rings. The lowest BCUT2D eigenvalue weighted by Gasteiger charge is -2.20. The molecule has 31 heavy (non-hydrogen) atoms. The molecule has 0 unspecified atom stereocenters. The monoisotopic (exact) mass is 446 g/mol. The summed E-state index contributed by atoms with van der Waals surface area (Å²) in [6, 6.07) is 8.53. The maximum Gasteiger partial charge on any atom is 0.338 e. The Bertz CT molecular complexity index is 1000. The number of likely N-dealkylation sites (N-methyl/N-ethyl adjacent to an activating group) is 1. The third-order valence-electron chi connectivity index (χ3n) is 4.71. The molecule has 0 fully saturated rings. The SMILES string of the molecule is Cc1cccc(C)c1NC(=O)CN(C)C(=O)COC(=O)c1cc(Cl)c2c(c1)OCCO2. The Hall–Kier alpha value is -3.26. The highest BCUT2D eigenvalue weighted by atomic mass is 35.5. The molecule has 1 aliphatic heterocycles. The molecule has 0 radical (unpaired) electrons. The van der Waals surface area contributed by atoms with Gasteiger partial charge in [0.05, 0.1) is 17.1 Å². The van der Waals surface area contributed by atoms with Crippen LogP contribution >= 0.6 is 11.6 Å². The van der Waals surface area contributed by atoms with E-state index in [1.54, 1.807) is 0 Å². The summed E-state index contributed by atoms with van der Waals surface area (Å²) in [5.74, 6) is -0.889. The number of carbonyl (C=O) groups is 3. The van der Waals surface area contributed by atoms with Crippen LogP contribution in [0.1, 0.15) is 21.5 Å². The Morgan fingerprint density at radius 2 is 1.81 bits per heavy atom. The molecule has 0 aromatic heterocycles. The van der Waals surface area contributed by atoms with Gasteiger partial charge in [-0.2, -0.15) is 0 Å². The van der Waals surface area contributed by atoms with Crippen molar-refractivity contribution in [2.45, 2.75) is 13.8 Å². The lowest BCUT2D eigenvalue weighted by Crippen LogP contribution is -2.37. The molecule has 0 saturated heterocycles. The molecular formula is C22H23ClN2O6. The molecule has 2 aromatic carbocycles. The van der Waals surface area contributed by atoms with Crippen molar-refractivity contribution in [2.75, 3.05) is 38.7 Å². The third kappa shape index (κ3) is 5.46. The second-order valence-electron chi connectivity index (χ2n) is 7.12. The van der Waals surface area contributed by atoms with Gasteiger partial charge in [0.1, 0.15) is 13.2 Å². The molecule has 3 rings (SSSR count). The number of hydrogen-bond donors (Lipinski definition) is 1. The highest BCUT2D eigenvalue weighted by Crippen LogP contribution is 2.38. The Kier molecular flexibility index (Phi) is 7.02. The number of halogens is 1. The Balaban J connectivity index is 1.53. The highest BCUT2D eigenvalue weighted by Gasteiger charge is 2.21. The van der Waals surface area contributed by atoms with Crippen molar-refractivity contribution in [3.05, 3.63) is 52.0 Å². The topological polar surface area (TPSA) is 94.2 Å². The number of esters is 1. The number of nitrogens with zero attached hydrogens (tertiary/aromatic N) is 1. The minimum Gasteiger partial charge on any atom is -0.486 e. The highest BCUT2D eigenvalue weighted by molar-refractivity contribution is 6.32. The smallest absolute Gasteiger partial charge is 0.338 e. The van der Waals surface area contributed by atoms with Crippen LogP contribution in [0.25, 0.3) is 0 Å². The first-order valence-corrected chi connectivity index (χ1v) is 10.0. The number of para-hydroxylation sites is 1.